The molecule has 2 aromatic rings. The zero-order chi connectivity index (χ0) is 22.2. The molecular formula is C21H25F3N4O3. The Morgan fingerprint density at radius 3 is 2.32 bits per heavy atom. The highest BCUT2D eigenvalue weighted by Gasteiger charge is 2.37. The Bertz CT molecular complexity index is 907. The summed E-state index contributed by atoms with van der Waals surface area (Å²) in [6.45, 7) is 3.46. The predicted molar refractivity (Wildman–Crippen MR) is 104 cm³/mol. The molecule has 2 amide bonds. The van der Waals surface area contributed by atoms with Gasteiger partial charge in [0.15, 0.2) is 5.82 Å². The fraction of sp³-hybridized carbons (Fsp3) is 0.571. The second-order valence-electron chi connectivity index (χ2n) is 8.33. The largest absolute Gasteiger partial charge is 0.416 e. The molecule has 3 heterocycles. The van der Waals surface area contributed by atoms with Crippen molar-refractivity contribution in [2.24, 2.45) is 0 Å². The zero-order valence-electron chi connectivity index (χ0n) is 17.2. The number of piperidine rings is 2. The summed E-state index contributed by atoms with van der Waals surface area (Å²) in [7, 11) is 0. The van der Waals surface area contributed by atoms with E-state index in [2.05, 4.69) is 10.1 Å². The van der Waals surface area contributed by atoms with Crippen LogP contribution in [0.4, 0.5) is 18.0 Å². The maximum atomic E-state index is 13.2. The minimum atomic E-state index is -4.39. The van der Waals surface area contributed by atoms with Gasteiger partial charge in [-0.3, -0.25) is 0 Å². The van der Waals surface area contributed by atoms with Gasteiger partial charge in [0.1, 0.15) is 0 Å². The number of nitrogens with zero attached hydrogens (tertiary/aromatic N) is 4. The van der Waals surface area contributed by atoms with E-state index >= 15 is 0 Å². The number of urea groups is 1. The van der Waals surface area contributed by atoms with E-state index in [-0.39, 0.29) is 24.0 Å². The van der Waals surface area contributed by atoms with Crippen molar-refractivity contribution in [1.29, 1.82) is 0 Å². The van der Waals surface area contributed by atoms with Crippen LogP contribution in [0.25, 0.3) is 0 Å². The fourth-order valence-corrected chi connectivity index (χ4v) is 4.36. The van der Waals surface area contributed by atoms with Crippen LogP contribution in [-0.2, 0) is 6.18 Å². The van der Waals surface area contributed by atoms with Gasteiger partial charge in [0.25, 0.3) is 0 Å². The minimum Gasteiger partial charge on any atom is -0.393 e. The Kier molecular flexibility index (Phi) is 5.92. The van der Waals surface area contributed by atoms with Gasteiger partial charge in [-0.25, -0.2) is 4.79 Å². The van der Waals surface area contributed by atoms with E-state index in [1.807, 2.05) is 0 Å². The van der Waals surface area contributed by atoms with Crippen molar-refractivity contribution in [3.8, 4) is 0 Å². The number of likely N-dealkylation sites (tertiary alicyclic amines) is 2. The maximum absolute atomic E-state index is 13.2. The van der Waals surface area contributed by atoms with E-state index in [9.17, 15) is 23.1 Å². The zero-order valence-corrected chi connectivity index (χ0v) is 17.2. The van der Waals surface area contributed by atoms with Gasteiger partial charge in [-0.2, -0.15) is 18.2 Å². The summed E-state index contributed by atoms with van der Waals surface area (Å²) in [5.74, 6) is 0.560. The number of aliphatic hydroxyl groups excluding tert-OH is 1. The number of carbonyl (C=O) groups is 1. The van der Waals surface area contributed by atoms with Crippen molar-refractivity contribution in [1.82, 2.24) is 19.9 Å². The van der Waals surface area contributed by atoms with Gasteiger partial charge < -0.3 is 19.4 Å². The van der Waals surface area contributed by atoms with Gasteiger partial charge in [-0.05, 0) is 43.9 Å². The average molecular weight is 438 g/mol. The van der Waals surface area contributed by atoms with Crippen molar-refractivity contribution < 1.29 is 27.6 Å². The molecule has 2 fully saturated rings. The predicted octanol–water partition coefficient (Wildman–Crippen LogP) is 3.55. The molecule has 7 nitrogen and oxygen atoms in total. The van der Waals surface area contributed by atoms with Crippen molar-refractivity contribution in [2.75, 3.05) is 26.2 Å². The third-order valence-electron chi connectivity index (χ3n) is 6.06. The third-order valence-corrected chi connectivity index (χ3v) is 6.06. The Balaban J connectivity index is 1.56. The molecule has 0 bridgehead atoms. The van der Waals surface area contributed by atoms with Crippen LogP contribution in [-0.4, -0.2) is 63.4 Å². The molecule has 10 heteroatoms. The second-order valence-corrected chi connectivity index (χ2v) is 8.33. The monoisotopic (exact) mass is 438 g/mol. The number of rotatable bonds is 2. The molecule has 2 aliphatic heterocycles. The second kappa shape index (κ2) is 8.49. The Morgan fingerprint density at radius 1 is 1.10 bits per heavy atom. The molecule has 2 saturated heterocycles. The number of aryl methyl sites for hydroxylation is 1. The molecule has 1 aromatic heterocycles. The van der Waals surface area contributed by atoms with E-state index in [0.29, 0.717) is 57.2 Å². The van der Waals surface area contributed by atoms with Crippen LogP contribution < -0.4 is 0 Å². The lowest BCUT2D eigenvalue weighted by Gasteiger charge is -2.40. The smallest absolute Gasteiger partial charge is 0.393 e. The number of aliphatic hydroxyl groups is 1. The molecule has 0 radical (unpaired) electrons. The highest BCUT2D eigenvalue weighted by Crippen LogP contribution is 2.37. The minimum absolute atomic E-state index is 0.134. The first-order chi connectivity index (χ1) is 14.7. The van der Waals surface area contributed by atoms with Crippen LogP contribution in [0.2, 0.25) is 0 Å². The molecule has 2 atom stereocenters. The first-order valence-electron chi connectivity index (χ1n) is 10.4. The number of hydrogen-bond acceptors (Lipinski definition) is 5. The molecule has 2 aliphatic rings. The molecule has 0 aliphatic carbocycles. The number of carbonyl (C=O) groups excluding carboxylic acids is 1. The van der Waals surface area contributed by atoms with E-state index in [4.69, 9.17) is 4.52 Å². The summed E-state index contributed by atoms with van der Waals surface area (Å²) >= 11 is 0. The van der Waals surface area contributed by atoms with Crippen molar-refractivity contribution in [3.63, 3.8) is 0 Å². The number of halogens is 3. The number of amides is 2. The van der Waals surface area contributed by atoms with Crippen molar-refractivity contribution in [2.45, 2.75) is 50.3 Å². The highest BCUT2D eigenvalue weighted by molar-refractivity contribution is 5.75. The summed E-state index contributed by atoms with van der Waals surface area (Å²) in [4.78, 5) is 20.9. The standard InChI is InChI=1S/C21H25F3N4O3/c1-13-25-19(31-26-13)16-10-15(14-2-4-17(5-3-14)21(22,23)24)11-28(12-16)20(30)27-8-6-18(29)7-9-27/h2-5,15-16,18,29H,6-12H2,1H3. The summed E-state index contributed by atoms with van der Waals surface area (Å²) in [5.41, 5.74) is 0.0387. The van der Waals surface area contributed by atoms with Crippen LogP contribution in [0.5, 0.6) is 0 Å². The maximum Gasteiger partial charge on any atom is 0.416 e. The molecule has 4 rings (SSSR count). The Labute approximate surface area is 177 Å². The van der Waals surface area contributed by atoms with Gasteiger partial charge in [0.05, 0.1) is 17.6 Å². The van der Waals surface area contributed by atoms with Crippen LogP contribution in [0.15, 0.2) is 28.8 Å². The average Bonchev–Trinajstić information content (AvgIpc) is 3.19. The molecule has 1 aromatic carbocycles. The molecule has 1 N–H and O–H groups in total. The van der Waals surface area contributed by atoms with E-state index in [0.717, 1.165) is 17.7 Å². The summed E-state index contributed by atoms with van der Waals surface area (Å²) in [6, 6.07) is 4.98. The number of hydrogen-bond donors (Lipinski definition) is 1. The Morgan fingerprint density at radius 2 is 1.74 bits per heavy atom. The lowest BCUT2D eigenvalue weighted by Crippen LogP contribution is -2.51. The Hall–Kier alpha value is -2.62. The van der Waals surface area contributed by atoms with E-state index < -0.39 is 11.7 Å². The molecule has 0 saturated carbocycles. The van der Waals surface area contributed by atoms with Gasteiger partial charge in [0.2, 0.25) is 5.89 Å². The SMILES string of the molecule is Cc1noc(C2CC(c3ccc(C(F)(F)F)cc3)CN(C(=O)N3CCC(O)CC3)C2)n1. The normalized spacial score (nSPS) is 23.3. The van der Waals surface area contributed by atoms with Gasteiger partial charge >= 0.3 is 12.2 Å². The first-order valence-corrected chi connectivity index (χ1v) is 10.4. The van der Waals surface area contributed by atoms with Crippen LogP contribution in [0, 0.1) is 6.92 Å². The summed E-state index contributed by atoms with van der Waals surface area (Å²) in [5, 5.41) is 13.6. The quantitative estimate of drug-likeness (QED) is 0.776. The molecule has 168 valence electrons. The van der Waals surface area contributed by atoms with Crippen molar-refractivity contribution in [3.05, 3.63) is 47.1 Å². The van der Waals surface area contributed by atoms with Gasteiger partial charge in [0, 0.05) is 32.1 Å². The molecule has 2 unspecified atom stereocenters. The van der Waals surface area contributed by atoms with Crippen LogP contribution in [0.1, 0.15) is 53.9 Å². The summed E-state index contributed by atoms with van der Waals surface area (Å²) < 4.78 is 44.2. The first kappa shape index (κ1) is 21.6. The van der Waals surface area contributed by atoms with E-state index in [1.165, 1.54) is 12.1 Å². The highest BCUT2D eigenvalue weighted by atomic mass is 19.4. The van der Waals surface area contributed by atoms with E-state index in [1.54, 1.807) is 16.7 Å². The third kappa shape index (κ3) is 4.84. The summed E-state index contributed by atoms with van der Waals surface area (Å²) in [6.07, 6.45) is -3.12. The lowest BCUT2D eigenvalue weighted by molar-refractivity contribution is -0.137. The molecular weight excluding hydrogens is 413 g/mol. The number of benzene rings is 1. The topological polar surface area (TPSA) is 82.7 Å². The van der Waals surface area contributed by atoms with Crippen LogP contribution in [0.3, 0.4) is 0 Å². The number of alkyl halides is 3. The number of aromatic nitrogens is 2. The molecule has 31 heavy (non-hydrogen) atoms. The van der Waals surface area contributed by atoms with Crippen molar-refractivity contribution >= 4 is 6.03 Å². The van der Waals surface area contributed by atoms with Gasteiger partial charge in [-0.1, -0.05) is 17.3 Å². The van der Waals surface area contributed by atoms with Crippen LogP contribution >= 0.6 is 0 Å². The lowest BCUT2D eigenvalue weighted by atomic mass is 9.84. The fourth-order valence-electron chi connectivity index (χ4n) is 4.36. The molecule has 0 spiro atoms. The van der Waals surface area contributed by atoms with Gasteiger partial charge in [-0.15, -0.1) is 0 Å².